The molecule has 3 aromatic rings. The Morgan fingerprint density at radius 2 is 1.65 bits per heavy atom. The van der Waals surface area contributed by atoms with Crippen molar-refractivity contribution >= 4 is 6.29 Å². The molecular formula is C21H16F2O3. The van der Waals surface area contributed by atoms with Crippen LogP contribution in [-0.2, 0) is 6.61 Å². The number of ether oxygens (including phenoxy) is 2. The van der Waals surface area contributed by atoms with Crippen LogP contribution in [0.4, 0.5) is 8.78 Å². The third kappa shape index (κ3) is 4.45. The molecule has 0 radical (unpaired) electrons. The highest BCUT2D eigenvalue weighted by Gasteiger charge is 2.12. The quantitative estimate of drug-likeness (QED) is 0.537. The van der Waals surface area contributed by atoms with E-state index < -0.39 is 6.61 Å². The topological polar surface area (TPSA) is 35.5 Å². The highest BCUT2D eigenvalue weighted by Crippen LogP contribution is 2.33. The predicted molar refractivity (Wildman–Crippen MR) is 94.7 cm³/mol. The van der Waals surface area contributed by atoms with Gasteiger partial charge in [0.1, 0.15) is 24.4 Å². The Hall–Kier alpha value is -3.21. The third-order valence-corrected chi connectivity index (χ3v) is 3.77. The SMILES string of the molecule is O=Cc1ccc(OC(F)F)c(-c2ccc(OCc3ccccc3)cc2)c1. The maximum Gasteiger partial charge on any atom is 0.387 e. The van der Waals surface area contributed by atoms with Crippen LogP contribution in [-0.4, -0.2) is 12.9 Å². The van der Waals surface area contributed by atoms with Gasteiger partial charge in [-0.2, -0.15) is 8.78 Å². The number of halogens is 2. The second-order valence-corrected chi connectivity index (χ2v) is 5.55. The lowest BCUT2D eigenvalue weighted by atomic mass is 10.0. The van der Waals surface area contributed by atoms with Crippen molar-refractivity contribution in [2.45, 2.75) is 13.2 Å². The van der Waals surface area contributed by atoms with Gasteiger partial charge in [0.15, 0.2) is 0 Å². The van der Waals surface area contributed by atoms with Crippen LogP contribution in [0.1, 0.15) is 15.9 Å². The molecule has 3 aromatic carbocycles. The van der Waals surface area contributed by atoms with E-state index in [0.29, 0.717) is 35.3 Å². The summed E-state index contributed by atoms with van der Waals surface area (Å²) >= 11 is 0. The fourth-order valence-electron chi connectivity index (χ4n) is 2.52. The van der Waals surface area contributed by atoms with Crippen LogP contribution < -0.4 is 9.47 Å². The molecule has 3 rings (SSSR count). The largest absolute Gasteiger partial charge is 0.489 e. The number of carbonyl (C=O) groups is 1. The van der Waals surface area contributed by atoms with Gasteiger partial charge >= 0.3 is 6.61 Å². The molecule has 0 amide bonds. The molecule has 0 unspecified atom stereocenters. The molecule has 0 aromatic heterocycles. The second-order valence-electron chi connectivity index (χ2n) is 5.55. The van der Waals surface area contributed by atoms with E-state index in [1.54, 1.807) is 24.3 Å². The Kier molecular flexibility index (Phi) is 5.59. The molecule has 5 heteroatoms. The van der Waals surface area contributed by atoms with Gasteiger partial charge in [-0.1, -0.05) is 42.5 Å². The lowest BCUT2D eigenvalue weighted by Gasteiger charge is -2.12. The number of aldehydes is 1. The summed E-state index contributed by atoms with van der Waals surface area (Å²) in [5, 5.41) is 0. The van der Waals surface area contributed by atoms with E-state index in [0.717, 1.165) is 5.56 Å². The average Bonchev–Trinajstić information content (AvgIpc) is 2.67. The second kappa shape index (κ2) is 8.25. The molecule has 0 saturated heterocycles. The van der Waals surface area contributed by atoms with Crippen LogP contribution in [0.3, 0.4) is 0 Å². The maximum atomic E-state index is 12.6. The van der Waals surface area contributed by atoms with E-state index in [9.17, 15) is 13.6 Å². The summed E-state index contributed by atoms with van der Waals surface area (Å²) in [6.45, 7) is -2.51. The van der Waals surface area contributed by atoms with E-state index in [4.69, 9.17) is 4.74 Å². The number of alkyl halides is 2. The van der Waals surface area contributed by atoms with Gasteiger partial charge in [0.2, 0.25) is 0 Å². The van der Waals surface area contributed by atoms with E-state index in [2.05, 4.69) is 4.74 Å². The Morgan fingerprint density at radius 3 is 2.31 bits per heavy atom. The van der Waals surface area contributed by atoms with E-state index in [1.165, 1.54) is 18.2 Å². The molecule has 3 nitrogen and oxygen atoms in total. The number of hydrogen-bond donors (Lipinski definition) is 0. The Balaban J connectivity index is 1.80. The Labute approximate surface area is 149 Å². The van der Waals surface area contributed by atoms with E-state index in [1.807, 2.05) is 30.3 Å². The fraction of sp³-hybridized carbons (Fsp3) is 0.0952. The van der Waals surface area contributed by atoms with Gasteiger partial charge in [-0.3, -0.25) is 4.79 Å². The van der Waals surface area contributed by atoms with Crippen LogP contribution in [0.5, 0.6) is 11.5 Å². The molecule has 132 valence electrons. The molecule has 0 fully saturated rings. The molecule has 0 N–H and O–H groups in total. The minimum atomic E-state index is -2.94. The predicted octanol–water partition coefficient (Wildman–Crippen LogP) is 5.35. The van der Waals surface area contributed by atoms with Gasteiger partial charge in [0.05, 0.1) is 0 Å². The van der Waals surface area contributed by atoms with Crippen molar-refractivity contribution in [2.24, 2.45) is 0 Å². The first kappa shape index (κ1) is 17.6. The molecule has 0 aliphatic heterocycles. The van der Waals surface area contributed by atoms with Crippen LogP contribution in [0.2, 0.25) is 0 Å². The first-order valence-electron chi connectivity index (χ1n) is 7.97. The fourth-order valence-corrected chi connectivity index (χ4v) is 2.52. The van der Waals surface area contributed by atoms with Crippen LogP contribution in [0.25, 0.3) is 11.1 Å². The van der Waals surface area contributed by atoms with Crippen molar-refractivity contribution in [2.75, 3.05) is 0 Å². The molecule has 0 saturated carbocycles. The van der Waals surface area contributed by atoms with Crippen LogP contribution in [0, 0.1) is 0 Å². The minimum absolute atomic E-state index is 0.0172. The zero-order valence-corrected chi connectivity index (χ0v) is 13.8. The van der Waals surface area contributed by atoms with Crippen molar-refractivity contribution in [3.05, 3.63) is 83.9 Å². The first-order chi connectivity index (χ1) is 12.7. The van der Waals surface area contributed by atoms with Crippen molar-refractivity contribution in [3.8, 4) is 22.6 Å². The Bertz CT molecular complexity index is 862. The number of rotatable bonds is 7. The van der Waals surface area contributed by atoms with Gasteiger partial charge in [-0.25, -0.2) is 0 Å². The molecule has 0 atom stereocenters. The summed E-state index contributed by atoms with van der Waals surface area (Å²) < 4.78 is 35.5. The first-order valence-corrected chi connectivity index (χ1v) is 7.97. The molecule has 0 heterocycles. The third-order valence-electron chi connectivity index (χ3n) is 3.77. The summed E-state index contributed by atoms with van der Waals surface area (Å²) in [6, 6.07) is 21.0. The molecule has 0 aliphatic carbocycles. The molecule has 0 bridgehead atoms. The monoisotopic (exact) mass is 354 g/mol. The van der Waals surface area contributed by atoms with Crippen LogP contribution >= 0.6 is 0 Å². The molecule has 0 spiro atoms. The van der Waals surface area contributed by atoms with Gasteiger partial charge in [-0.05, 0) is 41.5 Å². The summed E-state index contributed by atoms with van der Waals surface area (Å²) in [6.07, 6.45) is 0.660. The Morgan fingerprint density at radius 1 is 0.923 bits per heavy atom. The summed E-state index contributed by atoms with van der Waals surface area (Å²) in [5.41, 5.74) is 2.50. The number of hydrogen-bond acceptors (Lipinski definition) is 3. The summed E-state index contributed by atoms with van der Waals surface area (Å²) in [5.74, 6) is 0.670. The molecule has 26 heavy (non-hydrogen) atoms. The lowest BCUT2D eigenvalue weighted by molar-refractivity contribution is -0.0494. The van der Waals surface area contributed by atoms with Crippen LogP contribution in [0.15, 0.2) is 72.8 Å². The van der Waals surface area contributed by atoms with Gasteiger partial charge < -0.3 is 9.47 Å². The highest BCUT2D eigenvalue weighted by atomic mass is 19.3. The zero-order chi connectivity index (χ0) is 18.4. The lowest BCUT2D eigenvalue weighted by Crippen LogP contribution is -2.03. The van der Waals surface area contributed by atoms with Gasteiger partial charge in [-0.15, -0.1) is 0 Å². The molecular weight excluding hydrogens is 338 g/mol. The minimum Gasteiger partial charge on any atom is -0.489 e. The van der Waals surface area contributed by atoms with Crippen molar-refractivity contribution in [1.29, 1.82) is 0 Å². The normalized spacial score (nSPS) is 10.6. The van der Waals surface area contributed by atoms with Crippen molar-refractivity contribution in [1.82, 2.24) is 0 Å². The number of benzene rings is 3. The smallest absolute Gasteiger partial charge is 0.387 e. The average molecular weight is 354 g/mol. The highest BCUT2D eigenvalue weighted by molar-refractivity contribution is 5.81. The number of carbonyl (C=O) groups excluding carboxylic acids is 1. The summed E-state index contributed by atoms with van der Waals surface area (Å²) in [7, 11) is 0. The van der Waals surface area contributed by atoms with E-state index >= 15 is 0 Å². The zero-order valence-electron chi connectivity index (χ0n) is 13.8. The van der Waals surface area contributed by atoms with Gasteiger partial charge in [0, 0.05) is 11.1 Å². The standard InChI is InChI=1S/C21H16F2O3/c22-21(23)26-20-11-6-16(13-24)12-19(20)17-7-9-18(10-8-17)25-14-15-4-2-1-3-5-15/h1-13,21H,14H2. The molecule has 0 aliphatic rings. The van der Waals surface area contributed by atoms with Gasteiger partial charge in [0.25, 0.3) is 0 Å². The summed E-state index contributed by atoms with van der Waals surface area (Å²) in [4.78, 5) is 11.0. The van der Waals surface area contributed by atoms with Crippen molar-refractivity contribution in [3.63, 3.8) is 0 Å². The van der Waals surface area contributed by atoms with Crippen molar-refractivity contribution < 1.29 is 23.0 Å². The van der Waals surface area contributed by atoms with E-state index in [-0.39, 0.29) is 5.75 Å². The maximum absolute atomic E-state index is 12.6.